The first-order valence-corrected chi connectivity index (χ1v) is 9.55. The van der Waals surface area contributed by atoms with Crippen molar-refractivity contribution in [3.05, 3.63) is 64.2 Å². The summed E-state index contributed by atoms with van der Waals surface area (Å²) in [6.07, 6.45) is 4.16. The highest BCUT2D eigenvalue weighted by atomic mass is 79.9. The molecule has 0 aromatic heterocycles. The van der Waals surface area contributed by atoms with Gasteiger partial charge >= 0.3 is 0 Å². The van der Waals surface area contributed by atoms with Gasteiger partial charge in [0.2, 0.25) is 0 Å². The molecule has 8 heteroatoms. The van der Waals surface area contributed by atoms with Gasteiger partial charge in [0, 0.05) is 24.1 Å². The molecule has 0 saturated heterocycles. The number of anilines is 1. The summed E-state index contributed by atoms with van der Waals surface area (Å²) in [5.74, 6) is 1.81. The molecule has 154 valence electrons. The molecule has 0 amide bonds. The van der Waals surface area contributed by atoms with E-state index >= 15 is 0 Å². The summed E-state index contributed by atoms with van der Waals surface area (Å²) in [5, 5.41) is 23.1. The lowest BCUT2D eigenvalue weighted by atomic mass is 9.99. The van der Waals surface area contributed by atoms with Crippen molar-refractivity contribution in [1.29, 1.82) is 0 Å². The maximum absolute atomic E-state index is 11.8. The van der Waals surface area contributed by atoms with Crippen LogP contribution >= 0.6 is 0 Å². The zero-order chi connectivity index (χ0) is 19.7. The molecule has 2 heterocycles. The molecule has 2 aromatic rings. The predicted octanol–water partition coefficient (Wildman–Crippen LogP) is 0.258. The van der Waals surface area contributed by atoms with Gasteiger partial charge in [-0.3, -0.25) is 14.7 Å². The molecule has 0 fully saturated rings. The third-order valence-electron chi connectivity index (χ3n) is 5.58. The Kier molecular flexibility index (Phi) is 6.24. The van der Waals surface area contributed by atoms with Crippen molar-refractivity contribution < 1.29 is 36.3 Å². The van der Waals surface area contributed by atoms with Crippen LogP contribution in [0.1, 0.15) is 31.2 Å². The Balaban J connectivity index is 0.00000240. The summed E-state index contributed by atoms with van der Waals surface area (Å²) in [6.45, 7) is 1.26. The summed E-state index contributed by atoms with van der Waals surface area (Å²) in [4.78, 5) is 12.8. The van der Waals surface area contributed by atoms with Crippen LogP contribution in [0, 0.1) is 10.1 Å². The average Bonchev–Trinajstić information content (AvgIpc) is 2.84. The molecule has 2 aliphatic rings. The van der Waals surface area contributed by atoms with Gasteiger partial charge in [-0.2, -0.15) is 4.90 Å². The van der Waals surface area contributed by atoms with E-state index in [1.54, 1.807) is 19.2 Å². The average molecular weight is 462 g/mol. The number of amidine groups is 1. The Morgan fingerprint density at radius 2 is 1.93 bits per heavy atom. The Bertz CT molecular complexity index is 932. The molecule has 29 heavy (non-hydrogen) atoms. The van der Waals surface area contributed by atoms with Crippen LogP contribution in [0.25, 0.3) is 0 Å². The number of methoxy groups -OCH3 is 1. The zero-order valence-electron chi connectivity index (χ0n) is 16.3. The van der Waals surface area contributed by atoms with Gasteiger partial charge in [0.05, 0.1) is 18.6 Å². The Hall–Kier alpha value is -2.45. The summed E-state index contributed by atoms with van der Waals surface area (Å²) in [5.41, 5.74) is -0.0206. The number of ether oxygens (including phenoxy) is 1. The molecule has 2 aliphatic heterocycles. The fourth-order valence-electron chi connectivity index (χ4n) is 4.21. The Morgan fingerprint density at radius 3 is 2.62 bits per heavy atom. The normalized spacial score (nSPS) is 21.2. The van der Waals surface area contributed by atoms with E-state index in [9.17, 15) is 15.2 Å². The topological polar surface area (TPSA) is 78.8 Å². The van der Waals surface area contributed by atoms with Crippen LogP contribution < -0.4 is 26.6 Å². The summed E-state index contributed by atoms with van der Waals surface area (Å²) >= 11 is 0. The maximum Gasteiger partial charge on any atom is 0.275 e. The summed E-state index contributed by atoms with van der Waals surface area (Å²) < 4.78 is 7.48. The smallest absolute Gasteiger partial charge is 0.275 e. The summed E-state index contributed by atoms with van der Waals surface area (Å²) in [6, 6.07) is 13.9. The van der Waals surface area contributed by atoms with Crippen LogP contribution in [-0.2, 0) is 5.72 Å². The van der Waals surface area contributed by atoms with E-state index in [2.05, 4.69) is 4.58 Å². The first-order valence-electron chi connectivity index (χ1n) is 9.55. The van der Waals surface area contributed by atoms with E-state index < -0.39 is 10.6 Å². The number of hydrogen-bond acceptors (Lipinski definition) is 5. The highest BCUT2D eigenvalue weighted by Crippen LogP contribution is 2.39. The number of rotatable bonds is 4. The lowest BCUT2D eigenvalue weighted by Crippen LogP contribution is -3.00. The molecule has 0 saturated carbocycles. The van der Waals surface area contributed by atoms with Crippen LogP contribution in [0.15, 0.2) is 48.5 Å². The molecule has 4 rings (SSSR count). The number of halogens is 1. The van der Waals surface area contributed by atoms with Gasteiger partial charge in [0.1, 0.15) is 11.4 Å². The second kappa shape index (κ2) is 8.51. The van der Waals surface area contributed by atoms with Crippen molar-refractivity contribution in [2.75, 3.05) is 25.1 Å². The van der Waals surface area contributed by atoms with Crippen LogP contribution in [0.3, 0.4) is 0 Å². The van der Waals surface area contributed by atoms with Crippen molar-refractivity contribution in [2.45, 2.75) is 31.4 Å². The van der Waals surface area contributed by atoms with E-state index in [0.717, 1.165) is 49.5 Å². The van der Waals surface area contributed by atoms with Crippen molar-refractivity contribution in [1.82, 2.24) is 0 Å². The molecule has 1 atom stereocenters. The van der Waals surface area contributed by atoms with Crippen LogP contribution in [0.4, 0.5) is 11.4 Å². The van der Waals surface area contributed by atoms with Gasteiger partial charge in [0.15, 0.2) is 6.54 Å². The van der Waals surface area contributed by atoms with E-state index in [1.165, 1.54) is 12.1 Å². The highest BCUT2D eigenvalue weighted by molar-refractivity contribution is 5.97. The SMILES string of the molecule is COc1ccc(N2C3=[N+](CCCCC3)CC2(O)c2cccc([N+](=O)[O-])c2)cc1.[Br-]. The second-order valence-electron chi connectivity index (χ2n) is 7.31. The minimum atomic E-state index is -1.37. The van der Waals surface area contributed by atoms with Gasteiger partial charge < -0.3 is 26.8 Å². The lowest BCUT2D eigenvalue weighted by molar-refractivity contribution is -0.534. The maximum atomic E-state index is 11.8. The third-order valence-corrected chi connectivity index (χ3v) is 5.58. The Morgan fingerprint density at radius 1 is 1.17 bits per heavy atom. The minimum Gasteiger partial charge on any atom is -1.00 e. The van der Waals surface area contributed by atoms with Crippen molar-refractivity contribution >= 4 is 17.2 Å². The fourth-order valence-corrected chi connectivity index (χ4v) is 4.21. The van der Waals surface area contributed by atoms with E-state index in [-0.39, 0.29) is 22.7 Å². The largest absolute Gasteiger partial charge is 1.00 e. The molecular formula is C21H24BrN3O4. The van der Waals surface area contributed by atoms with Crippen LogP contribution in [0.5, 0.6) is 5.75 Å². The van der Waals surface area contributed by atoms with Gasteiger partial charge in [-0.25, -0.2) is 0 Å². The fraction of sp³-hybridized carbons (Fsp3) is 0.381. The molecule has 0 radical (unpaired) electrons. The van der Waals surface area contributed by atoms with Crippen molar-refractivity contribution in [3.8, 4) is 5.75 Å². The highest BCUT2D eigenvalue weighted by Gasteiger charge is 2.54. The number of nitrogens with zero attached hydrogens (tertiary/aromatic N) is 3. The zero-order valence-corrected chi connectivity index (χ0v) is 17.8. The van der Waals surface area contributed by atoms with Crippen LogP contribution in [0.2, 0.25) is 0 Å². The number of aliphatic hydroxyl groups is 1. The quantitative estimate of drug-likeness (QED) is 0.401. The number of nitro benzene ring substituents is 1. The van der Waals surface area contributed by atoms with Gasteiger partial charge in [0.25, 0.3) is 17.2 Å². The molecule has 1 N–H and O–H groups in total. The predicted molar refractivity (Wildman–Crippen MR) is 106 cm³/mol. The number of hydrogen-bond donors (Lipinski definition) is 1. The molecule has 0 bridgehead atoms. The number of benzene rings is 2. The standard InChI is InChI=1S/C21H24N3O4.BrH/c1-28-19-11-9-17(10-12-19)23-20-8-3-2-4-13-22(20)15-21(23,25)16-6-5-7-18(14-16)24(26)27;/h5-7,9-12,14,25H,2-4,8,13,15H2,1H3;1H/q+1;/p-1. The van der Waals surface area contributed by atoms with Gasteiger partial charge in [-0.15, -0.1) is 0 Å². The van der Waals surface area contributed by atoms with E-state index in [0.29, 0.717) is 12.1 Å². The number of nitro groups is 1. The third kappa shape index (κ3) is 3.86. The summed E-state index contributed by atoms with van der Waals surface area (Å²) in [7, 11) is 1.62. The van der Waals surface area contributed by atoms with Crippen molar-refractivity contribution in [3.63, 3.8) is 0 Å². The molecule has 7 nitrogen and oxygen atoms in total. The molecule has 1 unspecified atom stereocenters. The van der Waals surface area contributed by atoms with Crippen molar-refractivity contribution in [2.24, 2.45) is 0 Å². The molecule has 0 aliphatic carbocycles. The first-order chi connectivity index (χ1) is 13.5. The first kappa shape index (κ1) is 21.3. The molecular weight excluding hydrogens is 438 g/mol. The van der Waals surface area contributed by atoms with Gasteiger partial charge in [-0.1, -0.05) is 12.1 Å². The molecule has 0 spiro atoms. The van der Waals surface area contributed by atoms with Gasteiger partial charge in [-0.05, 0) is 43.5 Å². The van der Waals surface area contributed by atoms with Crippen LogP contribution in [-0.4, -0.2) is 40.6 Å². The second-order valence-corrected chi connectivity index (χ2v) is 7.31. The minimum absolute atomic E-state index is 0. The Labute approximate surface area is 180 Å². The van der Waals surface area contributed by atoms with E-state index in [4.69, 9.17) is 4.74 Å². The number of non-ortho nitro benzene ring substituents is 1. The monoisotopic (exact) mass is 461 g/mol. The van der Waals surface area contributed by atoms with E-state index in [1.807, 2.05) is 29.2 Å². The lowest BCUT2D eigenvalue weighted by Gasteiger charge is -2.29. The molecule has 2 aromatic carbocycles.